The zero-order valence-corrected chi connectivity index (χ0v) is 11.1. The molecule has 1 aromatic carbocycles. The molecular weight excluding hydrogens is 228 g/mol. The Morgan fingerprint density at radius 1 is 1.50 bits per heavy atom. The number of nitrogen functional groups attached to an aromatic ring is 1. The van der Waals surface area contributed by atoms with Crippen LogP contribution in [0, 0.1) is 5.92 Å². The summed E-state index contributed by atoms with van der Waals surface area (Å²) in [5.41, 5.74) is 6.85. The monoisotopic (exact) mass is 248 g/mol. The van der Waals surface area contributed by atoms with Gasteiger partial charge in [-0.05, 0) is 43.9 Å². The minimum Gasteiger partial charge on any atom is -0.496 e. The second kappa shape index (κ2) is 4.88. The second-order valence-corrected chi connectivity index (χ2v) is 4.95. The molecule has 0 heterocycles. The van der Waals surface area contributed by atoms with E-state index in [-0.39, 0.29) is 11.9 Å². The summed E-state index contributed by atoms with van der Waals surface area (Å²) in [4.78, 5) is 14.2. The number of methoxy groups -OCH3 is 1. The van der Waals surface area contributed by atoms with Crippen molar-refractivity contribution >= 4 is 11.6 Å². The number of nitrogens with two attached hydrogens (primary N) is 1. The quantitative estimate of drug-likeness (QED) is 0.831. The molecule has 18 heavy (non-hydrogen) atoms. The van der Waals surface area contributed by atoms with Crippen LogP contribution in [0.3, 0.4) is 0 Å². The predicted octanol–water partition coefficient (Wildman–Crippen LogP) is 2.15. The van der Waals surface area contributed by atoms with Crippen molar-refractivity contribution in [2.75, 3.05) is 19.9 Å². The smallest absolute Gasteiger partial charge is 0.257 e. The van der Waals surface area contributed by atoms with Crippen LogP contribution in [-0.2, 0) is 0 Å². The predicted molar refractivity (Wildman–Crippen MR) is 71.7 cm³/mol. The van der Waals surface area contributed by atoms with Crippen LogP contribution in [0.4, 0.5) is 5.69 Å². The van der Waals surface area contributed by atoms with E-state index < -0.39 is 0 Å². The first-order valence-corrected chi connectivity index (χ1v) is 6.25. The van der Waals surface area contributed by atoms with Gasteiger partial charge in [0.1, 0.15) is 5.75 Å². The lowest BCUT2D eigenvalue weighted by Crippen LogP contribution is -2.36. The molecule has 0 aliphatic heterocycles. The summed E-state index contributed by atoms with van der Waals surface area (Å²) in [7, 11) is 3.40. The second-order valence-electron chi connectivity index (χ2n) is 4.95. The number of carbonyl (C=O) groups is 1. The molecule has 1 atom stereocenters. The maximum atomic E-state index is 12.4. The average molecular weight is 248 g/mol. The highest BCUT2D eigenvalue weighted by molar-refractivity contribution is 5.97. The van der Waals surface area contributed by atoms with Crippen molar-refractivity contribution < 1.29 is 9.53 Å². The summed E-state index contributed by atoms with van der Waals surface area (Å²) < 4.78 is 5.22. The van der Waals surface area contributed by atoms with Gasteiger partial charge in [0.15, 0.2) is 0 Å². The van der Waals surface area contributed by atoms with Gasteiger partial charge in [-0.15, -0.1) is 0 Å². The fourth-order valence-corrected chi connectivity index (χ4v) is 2.16. The summed E-state index contributed by atoms with van der Waals surface area (Å²) in [5.74, 6) is 1.19. The van der Waals surface area contributed by atoms with E-state index in [1.54, 1.807) is 30.2 Å². The minimum absolute atomic E-state index is 0.0291. The van der Waals surface area contributed by atoms with E-state index in [2.05, 4.69) is 6.92 Å². The van der Waals surface area contributed by atoms with Gasteiger partial charge >= 0.3 is 0 Å². The van der Waals surface area contributed by atoms with Crippen LogP contribution in [0.5, 0.6) is 5.75 Å². The van der Waals surface area contributed by atoms with Crippen molar-refractivity contribution in [1.82, 2.24) is 4.90 Å². The van der Waals surface area contributed by atoms with E-state index in [4.69, 9.17) is 10.5 Å². The Kier molecular flexibility index (Phi) is 3.45. The molecule has 1 saturated carbocycles. The third kappa shape index (κ3) is 2.42. The van der Waals surface area contributed by atoms with Crippen LogP contribution in [0.1, 0.15) is 30.1 Å². The molecule has 0 radical (unpaired) electrons. The van der Waals surface area contributed by atoms with Crippen molar-refractivity contribution in [1.29, 1.82) is 0 Å². The molecule has 1 aromatic rings. The number of hydrogen-bond acceptors (Lipinski definition) is 3. The van der Waals surface area contributed by atoms with Crippen LogP contribution in [-0.4, -0.2) is 31.0 Å². The number of amides is 1. The molecule has 1 aliphatic carbocycles. The Morgan fingerprint density at radius 3 is 2.72 bits per heavy atom. The molecule has 4 nitrogen and oxygen atoms in total. The van der Waals surface area contributed by atoms with Gasteiger partial charge < -0.3 is 15.4 Å². The van der Waals surface area contributed by atoms with E-state index >= 15 is 0 Å². The van der Waals surface area contributed by atoms with Crippen LogP contribution in [0.2, 0.25) is 0 Å². The Morgan fingerprint density at radius 2 is 2.17 bits per heavy atom. The summed E-state index contributed by atoms with van der Waals surface area (Å²) in [5, 5.41) is 0. The van der Waals surface area contributed by atoms with Gasteiger partial charge in [0, 0.05) is 18.8 Å². The van der Waals surface area contributed by atoms with E-state index in [1.807, 2.05) is 7.05 Å². The molecule has 0 saturated heterocycles. The molecule has 0 spiro atoms. The Hall–Kier alpha value is -1.71. The topological polar surface area (TPSA) is 55.6 Å². The molecule has 0 aromatic heterocycles. The molecule has 1 aliphatic rings. The lowest BCUT2D eigenvalue weighted by molar-refractivity contribution is 0.0724. The number of hydrogen-bond donors (Lipinski definition) is 1. The van der Waals surface area contributed by atoms with Gasteiger partial charge in [0.05, 0.1) is 12.7 Å². The minimum atomic E-state index is -0.0291. The zero-order chi connectivity index (χ0) is 13.3. The van der Waals surface area contributed by atoms with Crippen molar-refractivity contribution in [3.05, 3.63) is 23.8 Å². The van der Waals surface area contributed by atoms with Crippen molar-refractivity contribution in [3.63, 3.8) is 0 Å². The van der Waals surface area contributed by atoms with Crippen LogP contribution in [0.15, 0.2) is 18.2 Å². The molecule has 2 N–H and O–H groups in total. The summed E-state index contributed by atoms with van der Waals surface area (Å²) in [6.45, 7) is 2.09. The highest BCUT2D eigenvalue weighted by atomic mass is 16.5. The summed E-state index contributed by atoms with van der Waals surface area (Å²) in [6, 6.07) is 5.42. The van der Waals surface area contributed by atoms with E-state index in [9.17, 15) is 4.79 Å². The molecule has 98 valence electrons. The van der Waals surface area contributed by atoms with Crippen LogP contribution >= 0.6 is 0 Å². The van der Waals surface area contributed by atoms with E-state index in [0.29, 0.717) is 22.9 Å². The van der Waals surface area contributed by atoms with Gasteiger partial charge in [0.2, 0.25) is 0 Å². The maximum Gasteiger partial charge on any atom is 0.257 e. The normalized spacial score (nSPS) is 16.2. The van der Waals surface area contributed by atoms with E-state index in [0.717, 1.165) is 0 Å². The molecule has 1 amide bonds. The van der Waals surface area contributed by atoms with Crippen molar-refractivity contribution in [2.45, 2.75) is 25.8 Å². The standard InChI is InChI=1S/C14H20N2O2/c1-9(10-4-5-10)16(2)14(17)12-8-11(15)6-7-13(12)18-3/h6-10H,4-5,15H2,1-3H3. The van der Waals surface area contributed by atoms with Crippen molar-refractivity contribution in [2.24, 2.45) is 5.92 Å². The number of rotatable bonds is 4. The largest absolute Gasteiger partial charge is 0.496 e. The Balaban J connectivity index is 2.23. The van der Waals surface area contributed by atoms with Gasteiger partial charge in [-0.1, -0.05) is 0 Å². The van der Waals surface area contributed by atoms with Gasteiger partial charge in [0.25, 0.3) is 5.91 Å². The molecule has 4 heteroatoms. The number of anilines is 1. The molecule has 2 rings (SSSR count). The number of ether oxygens (including phenoxy) is 1. The Bertz CT molecular complexity index is 455. The SMILES string of the molecule is COc1ccc(N)cc1C(=O)N(C)C(C)C1CC1. The van der Waals surface area contributed by atoms with E-state index in [1.165, 1.54) is 12.8 Å². The summed E-state index contributed by atoms with van der Waals surface area (Å²) in [6.07, 6.45) is 2.43. The maximum absolute atomic E-state index is 12.4. The van der Waals surface area contributed by atoms with Crippen LogP contribution in [0.25, 0.3) is 0 Å². The molecule has 1 unspecified atom stereocenters. The molecule has 1 fully saturated rings. The third-order valence-corrected chi connectivity index (χ3v) is 3.69. The van der Waals surface area contributed by atoms with Gasteiger partial charge in [-0.25, -0.2) is 0 Å². The summed E-state index contributed by atoms with van der Waals surface area (Å²) >= 11 is 0. The highest BCUT2D eigenvalue weighted by Gasteiger charge is 2.33. The zero-order valence-electron chi connectivity index (χ0n) is 11.1. The first-order chi connectivity index (χ1) is 8.54. The number of nitrogens with zero attached hydrogens (tertiary/aromatic N) is 1. The van der Waals surface area contributed by atoms with Crippen LogP contribution < -0.4 is 10.5 Å². The van der Waals surface area contributed by atoms with Crippen molar-refractivity contribution in [3.8, 4) is 5.75 Å². The average Bonchev–Trinajstić information content (AvgIpc) is 3.20. The van der Waals surface area contributed by atoms with Gasteiger partial charge in [-0.2, -0.15) is 0 Å². The third-order valence-electron chi connectivity index (χ3n) is 3.69. The lowest BCUT2D eigenvalue weighted by atomic mass is 10.1. The first kappa shape index (κ1) is 12.7. The fraction of sp³-hybridized carbons (Fsp3) is 0.500. The fourth-order valence-electron chi connectivity index (χ4n) is 2.16. The lowest BCUT2D eigenvalue weighted by Gasteiger charge is -2.25. The Labute approximate surface area is 108 Å². The highest BCUT2D eigenvalue weighted by Crippen LogP contribution is 2.35. The molecule has 0 bridgehead atoms. The molecular formula is C14H20N2O2. The number of carbonyl (C=O) groups excluding carboxylic acids is 1. The first-order valence-electron chi connectivity index (χ1n) is 6.25. The number of benzene rings is 1. The van der Waals surface area contributed by atoms with Gasteiger partial charge in [-0.3, -0.25) is 4.79 Å².